The van der Waals surface area contributed by atoms with Crippen LogP contribution in [0.4, 0.5) is 4.39 Å². The van der Waals surface area contributed by atoms with Crippen LogP contribution in [-0.4, -0.2) is 23.0 Å². The van der Waals surface area contributed by atoms with Gasteiger partial charge in [0, 0.05) is 15.8 Å². The molecule has 5 heteroatoms. The molecular formula is C14H17BrFNOS. The van der Waals surface area contributed by atoms with Crippen molar-refractivity contribution in [1.82, 2.24) is 5.32 Å². The van der Waals surface area contributed by atoms with Crippen LogP contribution in [0.25, 0.3) is 0 Å². The number of halogens is 2. The van der Waals surface area contributed by atoms with Gasteiger partial charge in [0.25, 0.3) is 5.91 Å². The van der Waals surface area contributed by atoms with E-state index in [1.165, 1.54) is 6.07 Å². The van der Waals surface area contributed by atoms with Crippen molar-refractivity contribution in [3.8, 4) is 0 Å². The van der Waals surface area contributed by atoms with E-state index in [0.717, 1.165) is 25.0 Å². The lowest BCUT2D eigenvalue weighted by Gasteiger charge is -2.14. The topological polar surface area (TPSA) is 29.1 Å². The van der Waals surface area contributed by atoms with Gasteiger partial charge in [0.15, 0.2) is 0 Å². The molecule has 2 atom stereocenters. The van der Waals surface area contributed by atoms with Crippen molar-refractivity contribution in [3.05, 3.63) is 34.1 Å². The lowest BCUT2D eigenvalue weighted by atomic mass is 10.1. The Morgan fingerprint density at radius 2 is 2.32 bits per heavy atom. The fraction of sp³-hybridized carbons (Fsp3) is 0.500. The fourth-order valence-electron chi connectivity index (χ4n) is 2.43. The molecular weight excluding hydrogens is 329 g/mol. The van der Waals surface area contributed by atoms with Crippen LogP contribution in [0.1, 0.15) is 36.5 Å². The number of hydrogen-bond acceptors (Lipinski definition) is 2. The molecule has 1 aliphatic carbocycles. The Hall–Kier alpha value is -0.550. The molecule has 0 spiro atoms. The zero-order chi connectivity index (χ0) is 13.8. The standard InChI is InChI=1S/C14H17BrFNOS/c1-2-19-10-7-6-9(8-10)17-14(18)13-11(15)4-3-5-12(13)16/h3-5,9-10H,2,6-8H2,1H3,(H,17,18). The average molecular weight is 346 g/mol. The van der Waals surface area contributed by atoms with Gasteiger partial charge in [0.1, 0.15) is 5.82 Å². The average Bonchev–Trinajstić information content (AvgIpc) is 2.77. The van der Waals surface area contributed by atoms with Crippen molar-refractivity contribution in [2.75, 3.05) is 5.75 Å². The van der Waals surface area contributed by atoms with Crippen LogP contribution < -0.4 is 5.32 Å². The summed E-state index contributed by atoms with van der Waals surface area (Å²) < 4.78 is 14.2. The lowest BCUT2D eigenvalue weighted by molar-refractivity contribution is 0.0933. The molecule has 0 aliphatic heterocycles. The monoisotopic (exact) mass is 345 g/mol. The summed E-state index contributed by atoms with van der Waals surface area (Å²) in [6.45, 7) is 2.15. The predicted octanol–water partition coefficient (Wildman–Crippen LogP) is 3.99. The zero-order valence-corrected chi connectivity index (χ0v) is 13.2. The second-order valence-corrected chi connectivity index (χ2v) is 7.09. The van der Waals surface area contributed by atoms with Crippen molar-refractivity contribution < 1.29 is 9.18 Å². The molecule has 1 aromatic carbocycles. The van der Waals surface area contributed by atoms with Gasteiger partial charge in [0.05, 0.1) is 5.56 Å². The summed E-state index contributed by atoms with van der Waals surface area (Å²) in [5.74, 6) is 0.297. The highest BCUT2D eigenvalue weighted by molar-refractivity contribution is 9.10. The SMILES string of the molecule is CCSC1CCC(NC(=O)c2c(F)cccc2Br)C1. The summed E-state index contributed by atoms with van der Waals surface area (Å²) in [6, 6.07) is 4.75. The van der Waals surface area contributed by atoms with Crippen molar-refractivity contribution in [1.29, 1.82) is 0 Å². The molecule has 19 heavy (non-hydrogen) atoms. The first-order valence-corrected chi connectivity index (χ1v) is 8.32. The number of nitrogens with one attached hydrogen (secondary N) is 1. The Bertz CT molecular complexity index is 449. The van der Waals surface area contributed by atoms with E-state index in [-0.39, 0.29) is 17.5 Å². The second kappa shape index (κ2) is 6.75. The molecule has 1 amide bonds. The van der Waals surface area contributed by atoms with E-state index in [4.69, 9.17) is 0 Å². The van der Waals surface area contributed by atoms with Crippen LogP contribution in [0.2, 0.25) is 0 Å². The number of rotatable bonds is 4. The van der Waals surface area contributed by atoms with Gasteiger partial charge in [-0.25, -0.2) is 4.39 Å². The number of benzene rings is 1. The molecule has 0 heterocycles. The van der Waals surface area contributed by atoms with E-state index >= 15 is 0 Å². The first-order chi connectivity index (χ1) is 9.11. The molecule has 1 fully saturated rings. The summed E-state index contributed by atoms with van der Waals surface area (Å²) in [6.07, 6.45) is 3.09. The number of thioether (sulfide) groups is 1. The Balaban J connectivity index is 1.99. The second-order valence-electron chi connectivity index (χ2n) is 4.66. The van der Waals surface area contributed by atoms with Gasteiger partial charge >= 0.3 is 0 Å². The van der Waals surface area contributed by atoms with Gasteiger partial charge in [-0.2, -0.15) is 11.8 Å². The maximum absolute atomic E-state index is 13.7. The largest absolute Gasteiger partial charge is 0.349 e. The Morgan fingerprint density at radius 1 is 1.53 bits per heavy atom. The molecule has 2 rings (SSSR count). The van der Waals surface area contributed by atoms with Crippen LogP contribution in [0.3, 0.4) is 0 Å². The molecule has 1 N–H and O–H groups in total. The van der Waals surface area contributed by atoms with E-state index in [0.29, 0.717) is 9.72 Å². The molecule has 2 unspecified atom stereocenters. The normalized spacial score (nSPS) is 22.5. The summed E-state index contributed by atoms with van der Waals surface area (Å²) in [5.41, 5.74) is 0.106. The van der Waals surface area contributed by atoms with Crippen LogP contribution >= 0.6 is 27.7 Å². The highest BCUT2D eigenvalue weighted by Crippen LogP contribution is 2.30. The smallest absolute Gasteiger partial charge is 0.255 e. The Morgan fingerprint density at radius 3 is 3.00 bits per heavy atom. The van der Waals surface area contributed by atoms with Crippen LogP contribution in [0.5, 0.6) is 0 Å². The van der Waals surface area contributed by atoms with Crippen molar-refractivity contribution in [2.24, 2.45) is 0 Å². The number of hydrogen-bond donors (Lipinski definition) is 1. The molecule has 1 aromatic rings. The molecule has 0 radical (unpaired) electrons. The minimum absolute atomic E-state index is 0.106. The van der Waals surface area contributed by atoms with Gasteiger partial charge < -0.3 is 5.32 Å². The van der Waals surface area contributed by atoms with Gasteiger partial charge in [-0.15, -0.1) is 0 Å². The Labute approximate surface area is 125 Å². The molecule has 104 valence electrons. The molecule has 1 saturated carbocycles. The van der Waals surface area contributed by atoms with Crippen LogP contribution in [0.15, 0.2) is 22.7 Å². The van der Waals surface area contributed by atoms with E-state index in [1.54, 1.807) is 12.1 Å². The Kier molecular flexibility index (Phi) is 5.28. The molecule has 1 aliphatic rings. The first-order valence-electron chi connectivity index (χ1n) is 6.48. The van der Waals surface area contributed by atoms with Crippen LogP contribution in [-0.2, 0) is 0 Å². The minimum atomic E-state index is -0.482. The summed E-state index contributed by atoms with van der Waals surface area (Å²) in [7, 11) is 0. The maximum atomic E-state index is 13.7. The molecule has 2 nitrogen and oxygen atoms in total. The van der Waals surface area contributed by atoms with Gasteiger partial charge in [-0.3, -0.25) is 4.79 Å². The third kappa shape index (κ3) is 3.72. The predicted molar refractivity (Wildman–Crippen MR) is 81.1 cm³/mol. The molecule has 0 bridgehead atoms. The first kappa shape index (κ1) is 14.9. The van der Waals surface area contributed by atoms with E-state index < -0.39 is 5.82 Å². The van der Waals surface area contributed by atoms with Crippen molar-refractivity contribution in [2.45, 2.75) is 37.5 Å². The lowest BCUT2D eigenvalue weighted by Crippen LogP contribution is -2.33. The highest BCUT2D eigenvalue weighted by atomic mass is 79.9. The van der Waals surface area contributed by atoms with E-state index in [2.05, 4.69) is 28.2 Å². The van der Waals surface area contributed by atoms with Gasteiger partial charge in [0.2, 0.25) is 0 Å². The summed E-state index contributed by atoms with van der Waals surface area (Å²) >= 11 is 5.17. The third-order valence-corrected chi connectivity index (χ3v) is 5.21. The number of amides is 1. The van der Waals surface area contributed by atoms with E-state index in [1.807, 2.05) is 11.8 Å². The van der Waals surface area contributed by atoms with Crippen LogP contribution in [0, 0.1) is 5.82 Å². The third-order valence-electron chi connectivity index (χ3n) is 3.31. The zero-order valence-electron chi connectivity index (χ0n) is 10.8. The van der Waals surface area contributed by atoms with Crippen molar-refractivity contribution >= 4 is 33.6 Å². The number of carbonyl (C=O) groups is 1. The molecule has 0 aromatic heterocycles. The summed E-state index contributed by atoms with van der Waals surface area (Å²) in [4.78, 5) is 12.1. The number of carbonyl (C=O) groups excluding carboxylic acids is 1. The van der Waals surface area contributed by atoms with E-state index in [9.17, 15) is 9.18 Å². The minimum Gasteiger partial charge on any atom is -0.349 e. The fourth-order valence-corrected chi connectivity index (χ4v) is 4.10. The van der Waals surface area contributed by atoms with Gasteiger partial charge in [-0.05, 0) is 53.1 Å². The molecule has 0 saturated heterocycles. The van der Waals surface area contributed by atoms with Gasteiger partial charge in [-0.1, -0.05) is 13.0 Å². The highest BCUT2D eigenvalue weighted by Gasteiger charge is 2.27. The van der Waals surface area contributed by atoms with Crippen molar-refractivity contribution in [3.63, 3.8) is 0 Å². The maximum Gasteiger partial charge on any atom is 0.255 e. The quantitative estimate of drug-likeness (QED) is 0.893. The summed E-state index contributed by atoms with van der Waals surface area (Å²) in [5, 5.41) is 3.57.